The van der Waals surface area contributed by atoms with Gasteiger partial charge < -0.3 is 11.1 Å². The molecule has 5 nitrogen and oxygen atoms in total. The second-order valence-electron chi connectivity index (χ2n) is 3.48. The van der Waals surface area contributed by atoms with Crippen molar-refractivity contribution < 1.29 is 4.79 Å². The number of nitrogens with one attached hydrogen (secondary N) is 1. The van der Waals surface area contributed by atoms with E-state index in [2.05, 4.69) is 10.4 Å². The minimum atomic E-state index is -0.412. The zero-order valence-electron chi connectivity index (χ0n) is 8.89. The molecule has 0 radical (unpaired) electrons. The molecule has 0 atom stereocenters. The highest BCUT2D eigenvalue weighted by Crippen LogP contribution is 2.20. The minimum absolute atomic E-state index is 0.0898. The van der Waals surface area contributed by atoms with Gasteiger partial charge in [-0.2, -0.15) is 5.10 Å². The van der Waals surface area contributed by atoms with Crippen molar-refractivity contribution in [3.05, 3.63) is 33.7 Å². The molecule has 0 saturated heterocycles. The summed E-state index contributed by atoms with van der Waals surface area (Å²) in [6.45, 7) is 0.770. The third-order valence-corrected chi connectivity index (χ3v) is 3.32. The van der Waals surface area contributed by atoms with Gasteiger partial charge in [-0.3, -0.25) is 9.48 Å². The molecular formula is C10H11ClN4OS. The fourth-order valence-electron chi connectivity index (χ4n) is 1.34. The maximum Gasteiger partial charge on any atom is 0.239 e. The van der Waals surface area contributed by atoms with Crippen LogP contribution < -0.4 is 11.1 Å². The van der Waals surface area contributed by atoms with E-state index in [4.69, 9.17) is 17.3 Å². The fourth-order valence-corrected chi connectivity index (χ4v) is 2.35. The van der Waals surface area contributed by atoms with Crippen molar-refractivity contribution >= 4 is 34.5 Å². The van der Waals surface area contributed by atoms with E-state index in [0.29, 0.717) is 6.54 Å². The quantitative estimate of drug-likeness (QED) is 0.868. The van der Waals surface area contributed by atoms with Crippen molar-refractivity contribution in [2.75, 3.05) is 5.32 Å². The van der Waals surface area contributed by atoms with E-state index in [1.807, 2.05) is 11.4 Å². The largest absolute Gasteiger partial charge is 0.378 e. The van der Waals surface area contributed by atoms with Gasteiger partial charge in [0.15, 0.2) is 0 Å². The van der Waals surface area contributed by atoms with E-state index < -0.39 is 5.91 Å². The number of halogens is 1. The Labute approximate surface area is 107 Å². The van der Waals surface area contributed by atoms with Crippen LogP contribution in [0.15, 0.2) is 23.8 Å². The molecule has 90 valence electrons. The molecule has 0 aromatic carbocycles. The highest BCUT2D eigenvalue weighted by molar-refractivity contribution is 7.10. The number of nitrogens with two attached hydrogens (primary N) is 1. The number of nitrogens with zero attached hydrogens (tertiary/aromatic N) is 2. The van der Waals surface area contributed by atoms with E-state index in [-0.39, 0.29) is 6.54 Å². The molecule has 0 spiro atoms. The molecule has 1 amide bonds. The Bertz CT molecular complexity index is 522. The molecule has 2 aromatic rings. The predicted molar refractivity (Wildman–Crippen MR) is 68.1 cm³/mol. The molecule has 17 heavy (non-hydrogen) atoms. The smallest absolute Gasteiger partial charge is 0.239 e. The van der Waals surface area contributed by atoms with Crippen LogP contribution in [0.2, 0.25) is 5.02 Å². The van der Waals surface area contributed by atoms with E-state index in [0.717, 1.165) is 15.6 Å². The SMILES string of the molecule is NC(=O)Cn1cc(NCc2cc(Cl)cs2)cn1. The van der Waals surface area contributed by atoms with Crippen LogP contribution in [-0.2, 0) is 17.9 Å². The number of carbonyl (C=O) groups excluding carboxylic acids is 1. The zero-order valence-corrected chi connectivity index (χ0v) is 10.5. The van der Waals surface area contributed by atoms with Gasteiger partial charge in [0.1, 0.15) is 6.54 Å². The molecule has 0 aliphatic heterocycles. The Morgan fingerprint density at radius 1 is 1.65 bits per heavy atom. The summed E-state index contributed by atoms with van der Waals surface area (Å²) in [5, 5.41) is 9.82. The Morgan fingerprint density at radius 3 is 3.12 bits per heavy atom. The first kappa shape index (κ1) is 11.9. The highest BCUT2D eigenvalue weighted by atomic mass is 35.5. The van der Waals surface area contributed by atoms with Gasteiger partial charge in [0.05, 0.1) is 16.9 Å². The van der Waals surface area contributed by atoms with Crippen LogP contribution in [0.1, 0.15) is 4.88 Å². The van der Waals surface area contributed by atoms with Gasteiger partial charge in [0.25, 0.3) is 0 Å². The summed E-state index contributed by atoms with van der Waals surface area (Å²) in [4.78, 5) is 11.8. The lowest BCUT2D eigenvalue weighted by molar-refractivity contribution is -0.118. The lowest BCUT2D eigenvalue weighted by Gasteiger charge is -1.99. The Hall–Kier alpha value is -1.53. The van der Waals surface area contributed by atoms with Crippen LogP contribution in [-0.4, -0.2) is 15.7 Å². The first-order chi connectivity index (χ1) is 8.13. The van der Waals surface area contributed by atoms with Crippen molar-refractivity contribution in [3.63, 3.8) is 0 Å². The normalized spacial score (nSPS) is 10.4. The van der Waals surface area contributed by atoms with Crippen molar-refractivity contribution in [3.8, 4) is 0 Å². The average molecular weight is 271 g/mol. The molecule has 7 heteroatoms. The molecule has 0 saturated carbocycles. The maximum atomic E-state index is 10.7. The Morgan fingerprint density at radius 2 is 2.47 bits per heavy atom. The van der Waals surface area contributed by atoms with E-state index >= 15 is 0 Å². The number of hydrogen-bond donors (Lipinski definition) is 2. The number of hydrogen-bond acceptors (Lipinski definition) is 4. The van der Waals surface area contributed by atoms with Gasteiger partial charge in [-0.1, -0.05) is 11.6 Å². The van der Waals surface area contributed by atoms with Gasteiger partial charge in [0.2, 0.25) is 5.91 Å². The van der Waals surface area contributed by atoms with Crippen molar-refractivity contribution in [2.24, 2.45) is 5.73 Å². The molecule has 2 aromatic heterocycles. The molecule has 0 bridgehead atoms. The van der Waals surface area contributed by atoms with Crippen molar-refractivity contribution in [1.29, 1.82) is 0 Å². The molecule has 2 heterocycles. The first-order valence-corrected chi connectivity index (χ1v) is 6.17. The van der Waals surface area contributed by atoms with Crippen LogP contribution in [0.3, 0.4) is 0 Å². The minimum Gasteiger partial charge on any atom is -0.378 e. The summed E-state index contributed by atoms with van der Waals surface area (Å²) in [5.74, 6) is -0.412. The summed E-state index contributed by atoms with van der Waals surface area (Å²) in [6.07, 6.45) is 3.39. The molecule has 0 fully saturated rings. The van der Waals surface area contributed by atoms with Gasteiger partial charge in [0, 0.05) is 23.0 Å². The van der Waals surface area contributed by atoms with Crippen LogP contribution in [0, 0.1) is 0 Å². The number of thiophene rings is 1. The summed E-state index contributed by atoms with van der Waals surface area (Å²) in [7, 11) is 0. The molecule has 0 aliphatic rings. The predicted octanol–water partition coefficient (Wildman–Crippen LogP) is 1.70. The van der Waals surface area contributed by atoms with Gasteiger partial charge in [-0.15, -0.1) is 11.3 Å². The monoisotopic (exact) mass is 270 g/mol. The summed E-state index contributed by atoms with van der Waals surface area (Å²) >= 11 is 7.41. The Kier molecular flexibility index (Phi) is 3.65. The molecule has 2 rings (SSSR count). The number of rotatable bonds is 5. The van der Waals surface area contributed by atoms with Crippen molar-refractivity contribution in [2.45, 2.75) is 13.1 Å². The van der Waals surface area contributed by atoms with Crippen LogP contribution in [0.5, 0.6) is 0 Å². The first-order valence-electron chi connectivity index (χ1n) is 4.91. The third kappa shape index (κ3) is 3.47. The maximum absolute atomic E-state index is 10.7. The van der Waals surface area contributed by atoms with E-state index in [1.54, 1.807) is 23.7 Å². The summed E-state index contributed by atoms with van der Waals surface area (Å²) in [6, 6.07) is 1.91. The zero-order chi connectivity index (χ0) is 12.3. The van der Waals surface area contributed by atoms with Gasteiger partial charge in [-0.25, -0.2) is 0 Å². The van der Waals surface area contributed by atoms with Crippen LogP contribution in [0.4, 0.5) is 5.69 Å². The lowest BCUT2D eigenvalue weighted by Crippen LogP contribution is -2.18. The average Bonchev–Trinajstić information content (AvgIpc) is 2.84. The Balaban J connectivity index is 1.91. The highest BCUT2D eigenvalue weighted by Gasteiger charge is 2.02. The molecule has 0 aliphatic carbocycles. The number of aromatic nitrogens is 2. The number of anilines is 1. The molecule has 0 unspecified atom stereocenters. The summed E-state index contributed by atoms with van der Waals surface area (Å²) in [5.41, 5.74) is 5.91. The van der Waals surface area contributed by atoms with Crippen LogP contribution in [0.25, 0.3) is 0 Å². The topological polar surface area (TPSA) is 72.9 Å². The number of amides is 1. The van der Waals surface area contributed by atoms with Crippen LogP contribution >= 0.6 is 22.9 Å². The van der Waals surface area contributed by atoms with Gasteiger partial charge >= 0.3 is 0 Å². The summed E-state index contributed by atoms with van der Waals surface area (Å²) < 4.78 is 1.49. The van der Waals surface area contributed by atoms with E-state index in [9.17, 15) is 4.79 Å². The second-order valence-corrected chi connectivity index (χ2v) is 4.91. The molecule has 3 N–H and O–H groups in total. The van der Waals surface area contributed by atoms with E-state index in [1.165, 1.54) is 4.68 Å². The number of primary amides is 1. The second kappa shape index (κ2) is 5.20. The van der Waals surface area contributed by atoms with Gasteiger partial charge in [-0.05, 0) is 6.07 Å². The number of carbonyl (C=O) groups is 1. The molecular weight excluding hydrogens is 260 g/mol. The fraction of sp³-hybridized carbons (Fsp3) is 0.200. The standard InChI is InChI=1S/C10H11ClN4OS/c11-7-1-9(17-6-7)3-13-8-2-14-15(4-8)5-10(12)16/h1-2,4,6,13H,3,5H2,(H2,12,16). The lowest BCUT2D eigenvalue weighted by atomic mass is 10.4. The third-order valence-electron chi connectivity index (χ3n) is 2.04. The van der Waals surface area contributed by atoms with Crippen molar-refractivity contribution in [1.82, 2.24) is 9.78 Å².